The molecule has 0 aliphatic heterocycles. The summed E-state index contributed by atoms with van der Waals surface area (Å²) in [6.07, 6.45) is 6.58. The summed E-state index contributed by atoms with van der Waals surface area (Å²) < 4.78 is 5.73. The number of carboxylic acids is 1. The van der Waals surface area contributed by atoms with Gasteiger partial charge in [-0.05, 0) is 39.2 Å². The fourth-order valence-electron chi connectivity index (χ4n) is 2.16. The molecule has 1 saturated carbocycles. The Morgan fingerprint density at radius 1 is 1.47 bits per heavy atom. The van der Waals surface area contributed by atoms with Crippen LogP contribution in [0, 0.1) is 0 Å². The van der Waals surface area contributed by atoms with Crippen molar-refractivity contribution in [2.24, 2.45) is 0 Å². The highest BCUT2D eigenvalue weighted by atomic mass is 16.5. The van der Waals surface area contributed by atoms with Gasteiger partial charge in [-0.15, -0.1) is 0 Å². The normalized spacial score (nSPS) is 20.4. The van der Waals surface area contributed by atoms with Crippen molar-refractivity contribution in [2.75, 3.05) is 13.2 Å². The van der Waals surface area contributed by atoms with Gasteiger partial charge in [0.2, 0.25) is 0 Å². The number of rotatable bonds is 8. The molecular weight excluding hydrogens is 218 g/mol. The Labute approximate surface area is 104 Å². The van der Waals surface area contributed by atoms with E-state index in [0.717, 1.165) is 25.8 Å². The number of carbonyl (C=O) groups is 1. The molecule has 0 saturated heterocycles. The SMILES string of the molecule is CCCNC(C)(CCOC1CCCC1)C(=O)O. The molecule has 100 valence electrons. The Hall–Kier alpha value is -0.610. The third kappa shape index (κ3) is 4.64. The van der Waals surface area contributed by atoms with Gasteiger partial charge >= 0.3 is 5.97 Å². The maximum absolute atomic E-state index is 11.2. The lowest BCUT2D eigenvalue weighted by Crippen LogP contribution is -2.50. The molecule has 0 aromatic heterocycles. The molecule has 0 amide bonds. The van der Waals surface area contributed by atoms with E-state index in [2.05, 4.69) is 5.32 Å². The predicted octanol–water partition coefficient (Wildman–Crippen LogP) is 2.18. The van der Waals surface area contributed by atoms with Gasteiger partial charge in [-0.2, -0.15) is 0 Å². The second-order valence-electron chi connectivity index (χ2n) is 5.09. The molecule has 0 bridgehead atoms. The van der Waals surface area contributed by atoms with Crippen molar-refractivity contribution in [3.63, 3.8) is 0 Å². The van der Waals surface area contributed by atoms with Crippen LogP contribution in [0.25, 0.3) is 0 Å². The fraction of sp³-hybridized carbons (Fsp3) is 0.923. The lowest BCUT2D eigenvalue weighted by Gasteiger charge is -2.26. The zero-order chi connectivity index (χ0) is 12.7. The molecule has 0 aromatic rings. The predicted molar refractivity (Wildman–Crippen MR) is 67.2 cm³/mol. The van der Waals surface area contributed by atoms with Gasteiger partial charge in [-0.1, -0.05) is 19.8 Å². The zero-order valence-corrected chi connectivity index (χ0v) is 11.0. The lowest BCUT2D eigenvalue weighted by molar-refractivity contribution is -0.145. The molecule has 1 rings (SSSR count). The summed E-state index contributed by atoms with van der Waals surface area (Å²) in [5, 5.41) is 12.3. The van der Waals surface area contributed by atoms with Crippen LogP contribution in [0.2, 0.25) is 0 Å². The standard InChI is InChI=1S/C13H25NO3/c1-3-9-14-13(2,12(15)16)8-10-17-11-6-4-5-7-11/h11,14H,3-10H2,1-2H3,(H,15,16). The van der Waals surface area contributed by atoms with E-state index in [1.54, 1.807) is 6.92 Å². The number of aliphatic carboxylic acids is 1. The first kappa shape index (κ1) is 14.5. The van der Waals surface area contributed by atoms with E-state index in [1.165, 1.54) is 12.8 Å². The number of carboxylic acid groups (broad SMARTS) is 1. The second kappa shape index (κ2) is 6.97. The summed E-state index contributed by atoms with van der Waals surface area (Å²) in [6, 6.07) is 0. The van der Waals surface area contributed by atoms with Gasteiger partial charge in [0.1, 0.15) is 5.54 Å². The minimum atomic E-state index is -0.853. The molecule has 1 unspecified atom stereocenters. The Kier molecular flexibility index (Phi) is 5.92. The molecule has 2 N–H and O–H groups in total. The molecule has 17 heavy (non-hydrogen) atoms. The van der Waals surface area contributed by atoms with E-state index >= 15 is 0 Å². The molecule has 0 spiro atoms. The van der Waals surface area contributed by atoms with E-state index < -0.39 is 11.5 Å². The van der Waals surface area contributed by atoms with Gasteiger partial charge in [-0.3, -0.25) is 4.79 Å². The van der Waals surface area contributed by atoms with Gasteiger partial charge in [0, 0.05) is 6.61 Å². The largest absolute Gasteiger partial charge is 0.480 e. The first-order valence-corrected chi connectivity index (χ1v) is 6.68. The van der Waals surface area contributed by atoms with Crippen molar-refractivity contribution in [3.8, 4) is 0 Å². The van der Waals surface area contributed by atoms with Crippen LogP contribution in [-0.2, 0) is 9.53 Å². The fourth-order valence-corrected chi connectivity index (χ4v) is 2.16. The van der Waals surface area contributed by atoms with Gasteiger partial charge in [-0.25, -0.2) is 0 Å². The Morgan fingerprint density at radius 2 is 2.12 bits per heavy atom. The van der Waals surface area contributed by atoms with Crippen LogP contribution in [0.1, 0.15) is 52.4 Å². The number of ether oxygens (including phenoxy) is 1. The molecule has 0 heterocycles. The summed E-state index contributed by atoms with van der Waals surface area (Å²) in [7, 11) is 0. The Bertz CT molecular complexity index is 239. The van der Waals surface area contributed by atoms with Gasteiger partial charge in [0.05, 0.1) is 6.10 Å². The summed E-state index contributed by atoms with van der Waals surface area (Å²) in [6.45, 7) is 5.03. The Morgan fingerprint density at radius 3 is 2.65 bits per heavy atom. The topological polar surface area (TPSA) is 58.6 Å². The highest BCUT2D eigenvalue weighted by molar-refractivity contribution is 5.78. The quantitative estimate of drug-likeness (QED) is 0.686. The maximum atomic E-state index is 11.2. The van der Waals surface area contributed by atoms with E-state index in [-0.39, 0.29) is 0 Å². The summed E-state index contributed by atoms with van der Waals surface area (Å²) in [4.78, 5) is 11.2. The van der Waals surface area contributed by atoms with E-state index in [0.29, 0.717) is 19.1 Å². The smallest absolute Gasteiger partial charge is 0.323 e. The maximum Gasteiger partial charge on any atom is 0.323 e. The number of hydrogen-bond donors (Lipinski definition) is 2. The van der Waals surface area contributed by atoms with Crippen molar-refractivity contribution in [2.45, 2.75) is 64.0 Å². The molecule has 1 aliphatic carbocycles. The van der Waals surface area contributed by atoms with Crippen LogP contribution < -0.4 is 5.32 Å². The first-order valence-electron chi connectivity index (χ1n) is 6.68. The van der Waals surface area contributed by atoms with Crippen LogP contribution in [0.3, 0.4) is 0 Å². The van der Waals surface area contributed by atoms with Gasteiger partial charge in [0.15, 0.2) is 0 Å². The van der Waals surface area contributed by atoms with Crippen molar-refractivity contribution < 1.29 is 14.6 Å². The van der Waals surface area contributed by atoms with Crippen LogP contribution in [0.15, 0.2) is 0 Å². The molecular formula is C13H25NO3. The second-order valence-corrected chi connectivity index (χ2v) is 5.09. The number of nitrogens with one attached hydrogen (secondary N) is 1. The molecule has 0 radical (unpaired) electrons. The monoisotopic (exact) mass is 243 g/mol. The summed E-state index contributed by atoms with van der Waals surface area (Å²) in [5.74, 6) is -0.791. The van der Waals surface area contributed by atoms with Crippen molar-refractivity contribution in [1.29, 1.82) is 0 Å². The Balaban J connectivity index is 2.30. The third-order valence-electron chi connectivity index (χ3n) is 3.50. The van der Waals surface area contributed by atoms with E-state index in [1.807, 2.05) is 6.92 Å². The van der Waals surface area contributed by atoms with Gasteiger partial charge < -0.3 is 15.2 Å². The van der Waals surface area contributed by atoms with Crippen molar-refractivity contribution in [1.82, 2.24) is 5.32 Å². The molecule has 4 nitrogen and oxygen atoms in total. The van der Waals surface area contributed by atoms with Crippen molar-refractivity contribution >= 4 is 5.97 Å². The lowest BCUT2D eigenvalue weighted by atomic mass is 9.98. The third-order valence-corrected chi connectivity index (χ3v) is 3.50. The van der Waals surface area contributed by atoms with Crippen molar-refractivity contribution in [3.05, 3.63) is 0 Å². The van der Waals surface area contributed by atoms with E-state index in [4.69, 9.17) is 4.74 Å². The highest BCUT2D eigenvalue weighted by Crippen LogP contribution is 2.22. The van der Waals surface area contributed by atoms with Crippen LogP contribution in [0.5, 0.6) is 0 Å². The summed E-state index contributed by atoms with van der Waals surface area (Å²) >= 11 is 0. The molecule has 1 fully saturated rings. The molecule has 4 heteroatoms. The van der Waals surface area contributed by atoms with Crippen LogP contribution >= 0.6 is 0 Å². The molecule has 1 atom stereocenters. The molecule has 1 aliphatic rings. The van der Waals surface area contributed by atoms with Gasteiger partial charge in [0.25, 0.3) is 0 Å². The van der Waals surface area contributed by atoms with E-state index in [9.17, 15) is 9.90 Å². The first-order chi connectivity index (χ1) is 8.08. The summed E-state index contributed by atoms with van der Waals surface area (Å²) in [5.41, 5.74) is -0.853. The zero-order valence-electron chi connectivity index (χ0n) is 11.0. The minimum absolute atomic E-state index is 0.360. The molecule has 0 aromatic carbocycles. The number of hydrogen-bond acceptors (Lipinski definition) is 3. The minimum Gasteiger partial charge on any atom is -0.480 e. The average Bonchev–Trinajstić information content (AvgIpc) is 2.79. The van der Waals surface area contributed by atoms with Crippen LogP contribution in [-0.4, -0.2) is 35.9 Å². The highest BCUT2D eigenvalue weighted by Gasteiger charge is 2.32. The average molecular weight is 243 g/mol. The van der Waals surface area contributed by atoms with Crippen LogP contribution in [0.4, 0.5) is 0 Å².